The number of halogens is 2. The van der Waals surface area contributed by atoms with E-state index in [0.717, 1.165) is 55.2 Å². The molecule has 0 bridgehead atoms. The summed E-state index contributed by atoms with van der Waals surface area (Å²) in [6.07, 6.45) is 2.08. The van der Waals surface area contributed by atoms with Gasteiger partial charge in [-0.25, -0.2) is 8.78 Å². The van der Waals surface area contributed by atoms with E-state index < -0.39 is 11.6 Å². The Morgan fingerprint density at radius 3 is 2.16 bits per heavy atom. The van der Waals surface area contributed by atoms with E-state index >= 15 is 0 Å². The molecule has 0 aliphatic heterocycles. The van der Waals surface area contributed by atoms with Gasteiger partial charge in [0, 0.05) is 34.1 Å². The van der Waals surface area contributed by atoms with Crippen molar-refractivity contribution in [1.82, 2.24) is 9.13 Å². The minimum atomic E-state index is -0.590. The summed E-state index contributed by atoms with van der Waals surface area (Å²) < 4.78 is 32.5. The van der Waals surface area contributed by atoms with Crippen LogP contribution < -0.4 is 0 Å². The zero-order valence-electron chi connectivity index (χ0n) is 16.9. The third-order valence-electron chi connectivity index (χ3n) is 6.39. The number of hydrogen-bond acceptors (Lipinski definition) is 0. The monoisotopic (exact) mass is 418 g/mol. The standard InChI is InChI=1S/C28H16F2N2/c29-18-13-19(30)15-21(14-18)32-24-8-4-5-17-9-10-23-22-11-12-31(20-6-2-1-3-7-20)25(22)16-26(32)28(23)27(17)24/h1-16H. The second-order valence-corrected chi connectivity index (χ2v) is 8.18. The van der Waals surface area contributed by atoms with Crippen molar-refractivity contribution >= 4 is 43.5 Å². The topological polar surface area (TPSA) is 9.86 Å². The summed E-state index contributed by atoms with van der Waals surface area (Å²) in [7, 11) is 0. The molecule has 4 heteroatoms. The molecule has 0 aliphatic carbocycles. The van der Waals surface area contributed by atoms with Crippen LogP contribution in [0.1, 0.15) is 0 Å². The number of rotatable bonds is 2. The van der Waals surface area contributed by atoms with Crippen molar-refractivity contribution in [1.29, 1.82) is 0 Å². The zero-order valence-corrected chi connectivity index (χ0v) is 16.9. The summed E-state index contributed by atoms with van der Waals surface area (Å²) in [6, 6.07) is 28.5. The van der Waals surface area contributed by atoms with E-state index in [0.29, 0.717) is 5.69 Å². The molecule has 7 rings (SSSR count). The van der Waals surface area contributed by atoms with Gasteiger partial charge in [0.2, 0.25) is 0 Å². The minimum Gasteiger partial charge on any atom is -0.316 e. The van der Waals surface area contributed by atoms with Gasteiger partial charge in [0.05, 0.1) is 22.2 Å². The molecule has 2 heterocycles. The van der Waals surface area contributed by atoms with Crippen molar-refractivity contribution < 1.29 is 8.78 Å². The first kappa shape index (κ1) is 17.5. The van der Waals surface area contributed by atoms with Crippen LogP contribution in [0.4, 0.5) is 8.78 Å². The van der Waals surface area contributed by atoms with E-state index in [1.807, 2.05) is 34.9 Å². The Labute approximate surface area is 181 Å². The summed E-state index contributed by atoms with van der Waals surface area (Å²) >= 11 is 0. The molecule has 152 valence electrons. The average molecular weight is 418 g/mol. The first-order valence-electron chi connectivity index (χ1n) is 10.5. The average Bonchev–Trinajstić information content (AvgIpc) is 3.37. The van der Waals surface area contributed by atoms with E-state index in [1.54, 1.807) is 0 Å². The maximum Gasteiger partial charge on any atom is 0.128 e. The van der Waals surface area contributed by atoms with Gasteiger partial charge in [-0.1, -0.05) is 42.5 Å². The molecule has 32 heavy (non-hydrogen) atoms. The summed E-state index contributed by atoms with van der Waals surface area (Å²) in [6.45, 7) is 0. The molecule has 0 N–H and O–H groups in total. The SMILES string of the molecule is Fc1cc(F)cc(-n2c3cccc4ccc5c6ccn(-c7ccccc7)c6cc2c5c43)c1. The van der Waals surface area contributed by atoms with Crippen molar-refractivity contribution in [2.24, 2.45) is 0 Å². The van der Waals surface area contributed by atoms with Crippen molar-refractivity contribution in [3.63, 3.8) is 0 Å². The third kappa shape index (κ3) is 2.26. The number of fused-ring (bicyclic) bond motifs is 2. The van der Waals surface area contributed by atoms with Crippen molar-refractivity contribution in [2.45, 2.75) is 0 Å². The number of benzene rings is 5. The van der Waals surface area contributed by atoms with E-state index in [4.69, 9.17) is 0 Å². The number of nitrogens with zero attached hydrogens (tertiary/aromatic N) is 2. The molecular formula is C28H16F2N2. The molecular weight excluding hydrogens is 402 g/mol. The highest BCUT2D eigenvalue weighted by Gasteiger charge is 2.20. The van der Waals surface area contributed by atoms with Gasteiger partial charge in [-0.15, -0.1) is 0 Å². The Morgan fingerprint density at radius 2 is 1.34 bits per heavy atom. The summed E-state index contributed by atoms with van der Waals surface area (Å²) in [4.78, 5) is 0. The van der Waals surface area contributed by atoms with Crippen molar-refractivity contribution in [3.8, 4) is 11.4 Å². The molecule has 0 saturated heterocycles. The van der Waals surface area contributed by atoms with Crippen LogP contribution in [-0.4, -0.2) is 9.13 Å². The molecule has 0 unspecified atom stereocenters. The molecule has 2 aromatic heterocycles. The van der Waals surface area contributed by atoms with Crippen LogP contribution in [0.15, 0.2) is 97.2 Å². The van der Waals surface area contributed by atoms with Crippen molar-refractivity contribution in [3.05, 3.63) is 109 Å². The van der Waals surface area contributed by atoms with Gasteiger partial charge in [0.1, 0.15) is 11.6 Å². The van der Waals surface area contributed by atoms with Crippen LogP contribution in [0.5, 0.6) is 0 Å². The summed E-state index contributed by atoms with van der Waals surface area (Å²) in [5.41, 5.74) is 4.46. The Bertz CT molecular complexity index is 1770. The van der Waals surface area contributed by atoms with Crippen LogP contribution in [0.25, 0.3) is 54.9 Å². The predicted molar refractivity (Wildman–Crippen MR) is 126 cm³/mol. The van der Waals surface area contributed by atoms with Gasteiger partial charge >= 0.3 is 0 Å². The lowest BCUT2D eigenvalue weighted by atomic mass is 10.00. The maximum absolute atomic E-state index is 14.2. The summed E-state index contributed by atoms with van der Waals surface area (Å²) in [5.74, 6) is -1.18. The quantitative estimate of drug-likeness (QED) is 0.256. The second kappa shape index (κ2) is 6.17. The van der Waals surface area contributed by atoms with E-state index in [-0.39, 0.29) is 0 Å². The molecule has 0 saturated carbocycles. The normalized spacial score (nSPS) is 12.1. The summed E-state index contributed by atoms with van der Waals surface area (Å²) in [5, 5.41) is 5.61. The van der Waals surface area contributed by atoms with Crippen LogP contribution in [-0.2, 0) is 0 Å². The van der Waals surface area contributed by atoms with E-state index in [9.17, 15) is 8.78 Å². The fourth-order valence-electron chi connectivity index (χ4n) is 5.12. The second-order valence-electron chi connectivity index (χ2n) is 8.18. The fourth-order valence-corrected chi connectivity index (χ4v) is 5.12. The number of hydrogen-bond donors (Lipinski definition) is 0. The first-order valence-corrected chi connectivity index (χ1v) is 10.5. The van der Waals surface area contributed by atoms with Gasteiger partial charge in [0.25, 0.3) is 0 Å². The molecule has 2 nitrogen and oxygen atoms in total. The lowest BCUT2D eigenvalue weighted by Gasteiger charge is -2.10. The number of aromatic nitrogens is 2. The van der Waals surface area contributed by atoms with Gasteiger partial charge in [-0.2, -0.15) is 0 Å². The van der Waals surface area contributed by atoms with E-state index in [2.05, 4.69) is 53.2 Å². The molecule has 0 atom stereocenters. The van der Waals surface area contributed by atoms with Gasteiger partial charge in [-0.05, 0) is 53.2 Å². The molecule has 7 aromatic rings. The van der Waals surface area contributed by atoms with Gasteiger partial charge < -0.3 is 9.13 Å². The lowest BCUT2D eigenvalue weighted by molar-refractivity contribution is 0.582. The Balaban J connectivity index is 1.71. The van der Waals surface area contributed by atoms with Gasteiger partial charge in [0.15, 0.2) is 0 Å². The van der Waals surface area contributed by atoms with Crippen LogP contribution >= 0.6 is 0 Å². The fraction of sp³-hybridized carbons (Fsp3) is 0. The Morgan fingerprint density at radius 1 is 0.531 bits per heavy atom. The van der Waals surface area contributed by atoms with Crippen LogP contribution in [0, 0.1) is 11.6 Å². The van der Waals surface area contributed by atoms with Crippen LogP contribution in [0.3, 0.4) is 0 Å². The highest BCUT2D eigenvalue weighted by Crippen LogP contribution is 2.42. The predicted octanol–water partition coefficient (Wildman–Crippen LogP) is 7.60. The minimum absolute atomic E-state index is 0.477. The zero-order chi connectivity index (χ0) is 21.4. The highest BCUT2D eigenvalue weighted by molar-refractivity contribution is 6.29. The molecule has 0 radical (unpaired) electrons. The van der Waals surface area contributed by atoms with Crippen LogP contribution in [0.2, 0.25) is 0 Å². The Kier molecular flexibility index (Phi) is 3.37. The smallest absolute Gasteiger partial charge is 0.128 e. The third-order valence-corrected chi connectivity index (χ3v) is 6.39. The largest absolute Gasteiger partial charge is 0.316 e. The molecule has 0 amide bonds. The highest BCUT2D eigenvalue weighted by atomic mass is 19.1. The van der Waals surface area contributed by atoms with E-state index in [1.165, 1.54) is 12.1 Å². The van der Waals surface area contributed by atoms with Gasteiger partial charge in [-0.3, -0.25) is 0 Å². The molecule has 0 spiro atoms. The lowest BCUT2D eigenvalue weighted by Crippen LogP contribution is -1.97. The van der Waals surface area contributed by atoms with Crippen molar-refractivity contribution in [2.75, 3.05) is 0 Å². The Hall–Kier alpha value is -4.18. The number of para-hydroxylation sites is 1. The maximum atomic E-state index is 14.2. The first-order chi connectivity index (χ1) is 15.7. The molecule has 0 aliphatic rings. The molecule has 0 fully saturated rings. The molecule has 5 aromatic carbocycles.